The molecule has 0 spiro atoms. The maximum absolute atomic E-state index is 13.9. The zero-order chi connectivity index (χ0) is 95.4. The van der Waals surface area contributed by atoms with E-state index in [1.54, 1.807) is 77.0 Å². The Labute approximate surface area is 781 Å². The van der Waals surface area contributed by atoms with E-state index in [0.29, 0.717) is 134 Å². The highest BCUT2D eigenvalue weighted by Gasteiger charge is 2.25. The average molecular weight is 1850 g/mol. The third kappa shape index (κ3) is 42.5. The lowest BCUT2D eigenvalue weighted by Gasteiger charge is -2.24. The summed E-state index contributed by atoms with van der Waals surface area (Å²) in [7, 11) is 11.6. The summed E-state index contributed by atoms with van der Waals surface area (Å²) in [4.78, 5) is 82.8. The minimum absolute atomic E-state index is 0.00840. The molecular formula is C103H132N2O28. The number of esters is 5. The van der Waals surface area contributed by atoms with E-state index in [4.69, 9.17) is 90.0 Å². The van der Waals surface area contributed by atoms with Crippen LogP contribution in [0.25, 0.3) is 24.3 Å². The Kier molecular flexibility index (Phi) is 51.0. The van der Waals surface area contributed by atoms with Gasteiger partial charge in [0.05, 0.1) is 157 Å². The number of hydrogen-bond acceptors (Lipinski definition) is 28. The number of carbonyl (C=O) groups excluding carboxylic acids is 5. The number of nitrogens with zero attached hydrogens (tertiary/aromatic N) is 2. The first-order valence-electron chi connectivity index (χ1n) is 45.7. The summed E-state index contributed by atoms with van der Waals surface area (Å²) in [6.07, 6.45) is 33.5. The van der Waals surface area contributed by atoms with Gasteiger partial charge >= 0.3 is 29.8 Å². The van der Waals surface area contributed by atoms with E-state index in [1.807, 2.05) is 91.9 Å². The fraction of sp³-hybridized carbons (Fsp3) is 0.466. The molecule has 0 N–H and O–H groups in total. The molecule has 0 heterocycles. The normalized spacial score (nSPS) is 11.7. The maximum Gasteiger partial charge on any atom is 0.338 e. The molecule has 133 heavy (non-hydrogen) atoms. The van der Waals surface area contributed by atoms with Gasteiger partial charge in [-0.3, -0.25) is 20.2 Å². The van der Waals surface area contributed by atoms with Gasteiger partial charge in [0.2, 0.25) is 0 Å². The summed E-state index contributed by atoms with van der Waals surface area (Å²) in [6.45, 7) is 5.56. The second-order valence-electron chi connectivity index (χ2n) is 31.3. The molecule has 7 rings (SSSR count). The molecule has 7 aromatic carbocycles. The number of benzene rings is 7. The SMILES string of the molecule is CCC(CC(COC(=O)c1cc([N+](=O)[O-])cc([N+](=O)[O-])c1)OCc1cc(OCCCCCCCCOc2ccc(/C=C/C(=O)OC)cc2OC)cc(OCCCCCCCCOc2ccc(/C=C/C(=O)OC)cc2OC)c1)OCc1cc(OCCCCCCCCOc2ccc(/C=C/C(=O)OC)cc2OC)cc(OCCCCCCCCOc2ccc(/C=C/C(=O)OC)cc2OC)c1. The van der Waals surface area contributed by atoms with E-state index < -0.39 is 63.3 Å². The number of rotatable bonds is 70. The quantitative estimate of drug-likeness (QED) is 0.00853. The van der Waals surface area contributed by atoms with Gasteiger partial charge in [0.1, 0.15) is 29.6 Å². The van der Waals surface area contributed by atoms with Crippen LogP contribution in [0.3, 0.4) is 0 Å². The van der Waals surface area contributed by atoms with Gasteiger partial charge in [-0.1, -0.05) is 134 Å². The Morgan fingerprint density at radius 2 is 0.564 bits per heavy atom. The first-order chi connectivity index (χ1) is 64.7. The monoisotopic (exact) mass is 1840 g/mol. The molecule has 722 valence electrons. The smallest absolute Gasteiger partial charge is 0.338 e. The predicted octanol–water partition coefficient (Wildman–Crippen LogP) is 21.6. The highest BCUT2D eigenvalue weighted by atomic mass is 16.6. The summed E-state index contributed by atoms with van der Waals surface area (Å²) in [5.74, 6) is 4.25. The summed E-state index contributed by atoms with van der Waals surface area (Å²) in [5.41, 5.74) is 2.88. The Morgan fingerprint density at radius 3 is 0.812 bits per heavy atom. The first-order valence-corrected chi connectivity index (χ1v) is 45.7. The highest BCUT2D eigenvalue weighted by Crippen LogP contribution is 2.36. The highest BCUT2D eigenvalue weighted by molar-refractivity contribution is 5.91. The second kappa shape index (κ2) is 63.3. The van der Waals surface area contributed by atoms with Crippen molar-refractivity contribution in [1.29, 1.82) is 0 Å². The molecule has 0 aliphatic rings. The number of hydrogen-bond donors (Lipinski definition) is 0. The van der Waals surface area contributed by atoms with Crippen LogP contribution in [0, 0.1) is 20.2 Å². The number of ether oxygens (including phenoxy) is 19. The predicted molar refractivity (Wildman–Crippen MR) is 506 cm³/mol. The van der Waals surface area contributed by atoms with Gasteiger partial charge in [-0.25, -0.2) is 24.0 Å². The van der Waals surface area contributed by atoms with Crippen LogP contribution in [0.2, 0.25) is 0 Å². The van der Waals surface area contributed by atoms with Crippen LogP contribution in [0.4, 0.5) is 11.4 Å². The largest absolute Gasteiger partial charge is 0.493 e. The molecule has 30 nitrogen and oxygen atoms in total. The average Bonchev–Trinajstić information content (AvgIpc) is 0.830. The van der Waals surface area contributed by atoms with Crippen molar-refractivity contribution >= 4 is 65.5 Å². The van der Waals surface area contributed by atoms with Crippen LogP contribution in [-0.4, -0.2) is 168 Å². The van der Waals surface area contributed by atoms with Crippen molar-refractivity contribution < 1.29 is 124 Å². The van der Waals surface area contributed by atoms with E-state index in [1.165, 1.54) is 52.7 Å². The Balaban J connectivity index is 0.998. The van der Waals surface area contributed by atoms with Crippen molar-refractivity contribution in [2.75, 3.05) is 116 Å². The molecule has 0 aliphatic carbocycles. The Bertz CT molecular complexity index is 4560. The summed E-state index contributed by atoms with van der Waals surface area (Å²) in [6, 6.07) is 35.9. The van der Waals surface area contributed by atoms with Crippen LogP contribution in [0.5, 0.6) is 69.0 Å². The molecule has 2 atom stereocenters. The summed E-state index contributed by atoms with van der Waals surface area (Å²) >= 11 is 0. The number of carbonyl (C=O) groups is 5. The molecule has 0 aliphatic heterocycles. The standard InChI is InChI=1S/C103H132N2O28/c1-10-85(131-73-80-59-86(123-51-27-19-11-15-23-31-55-127-91-43-35-76(63-95(91)115-2)39-47-99(106)119-6)71-87(60-80)124-52-28-20-12-16-24-32-56-128-92-44-36-77(64-96(92)116-3)40-48-100(107)120-7)70-90(75-133-103(110)82-67-83(104(111)112)69-84(68-82)105(113)114)132-74-81-61-88(125-53-29-21-13-17-25-33-57-129-93-45-37-78(65-97(93)117-4)41-49-101(108)121-8)72-89(62-81)126-54-30-22-14-18-26-34-58-130-94-46-38-79(66-98(94)118-5)42-50-102(109)122-9/h35-50,59-69,71-72,85,90H,10-34,51-58,70,73-75H2,1-9H3/b47-39+,48-40+,49-41+,50-42+. The minimum atomic E-state index is -1.03. The molecule has 0 amide bonds. The molecule has 0 saturated carbocycles. The van der Waals surface area contributed by atoms with E-state index >= 15 is 0 Å². The van der Waals surface area contributed by atoms with Crippen molar-refractivity contribution in [3.8, 4) is 69.0 Å². The third-order valence-corrected chi connectivity index (χ3v) is 21.3. The molecule has 2 unspecified atom stereocenters. The van der Waals surface area contributed by atoms with Crippen molar-refractivity contribution in [3.05, 3.63) is 211 Å². The lowest BCUT2D eigenvalue weighted by molar-refractivity contribution is -0.394. The minimum Gasteiger partial charge on any atom is -0.493 e. The van der Waals surface area contributed by atoms with Gasteiger partial charge in [0, 0.05) is 55.0 Å². The number of unbranched alkanes of at least 4 members (excludes halogenated alkanes) is 20. The van der Waals surface area contributed by atoms with Crippen molar-refractivity contribution in [1.82, 2.24) is 0 Å². The first kappa shape index (κ1) is 107. The summed E-state index contributed by atoms with van der Waals surface area (Å²) in [5, 5.41) is 24.0. The third-order valence-electron chi connectivity index (χ3n) is 21.3. The molecular weight excluding hydrogens is 1710 g/mol. The molecule has 0 fully saturated rings. The molecule has 0 saturated heterocycles. The van der Waals surface area contributed by atoms with Crippen LogP contribution in [0.15, 0.2) is 152 Å². The lowest BCUT2D eigenvalue weighted by atomic mass is 10.1. The van der Waals surface area contributed by atoms with Crippen LogP contribution < -0.4 is 56.8 Å². The maximum atomic E-state index is 13.9. The number of nitro benzene ring substituents is 2. The van der Waals surface area contributed by atoms with Crippen molar-refractivity contribution in [2.45, 2.75) is 199 Å². The topological polar surface area (TPSA) is 347 Å². The van der Waals surface area contributed by atoms with Gasteiger partial charge in [-0.05, 0) is 188 Å². The van der Waals surface area contributed by atoms with Gasteiger partial charge < -0.3 is 90.0 Å². The molecule has 7 aromatic rings. The number of nitro groups is 2. The van der Waals surface area contributed by atoms with E-state index in [0.717, 1.165) is 200 Å². The molecule has 30 heteroatoms. The molecule has 0 aromatic heterocycles. The van der Waals surface area contributed by atoms with Crippen molar-refractivity contribution in [2.24, 2.45) is 0 Å². The molecule has 0 radical (unpaired) electrons. The fourth-order valence-corrected chi connectivity index (χ4v) is 13.9. The van der Waals surface area contributed by atoms with Gasteiger partial charge in [0.15, 0.2) is 46.0 Å². The fourth-order valence-electron chi connectivity index (χ4n) is 13.9. The van der Waals surface area contributed by atoms with Gasteiger partial charge in [-0.15, -0.1) is 0 Å². The number of methoxy groups -OCH3 is 8. The lowest BCUT2D eigenvalue weighted by Crippen LogP contribution is -2.28. The van der Waals surface area contributed by atoms with Crippen LogP contribution in [-0.2, 0) is 65.5 Å². The number of non-ortho nitro benzene ring substituents is 2. The van der Waals surface area contributed by atoms with Crippen molar-refractivity contribution in [3.63, 3.8) is 0 Å². The van der Waals surface area contributed by atoms with Gasteiger partial charge in [-0.2, -0.15) is 0 Å². The zero-order valence-electron chi connectivity index (χ0n) is 78.4. The zero-order valence-corrected chi connectivity index (χ0v) is 78.4. The summed E-state index contributed by atoms with van der Waals surface area (Å²) < 4.78 is 111. The Morgan fingerprint density at radius 1 is 0.308 bits per heavy atom. The molecule has 0 bridgehead atoms. The van der Waals surface area contributed by atoms with E-state index in [9.17, 15) is 44.2 Å². The second-order valence-corrected chi connectivity index (χ2v) is 31.3. The van der Waals surface area contributed by atoms with Crippen LogP contribution in [0.1, 0.15) is 218 Å². The van der Waals surface area contributed by atoms with Crippen LogP contribution >= 0.6 is 0 Å². The van der Waals surface area contributed by atoms with Gasteiger partial charge in [0.25, 0.3) is 11.4 Å². The van der Waals surface area contributed by atoms with E-state index in [2.05, 4.69) is 0 Å². The Hall–Kier alpha value is -12.8. The van der Waals surface area contributed by atoms with E-state index in [-0.39, 0.29) is 31.8 Å².